The van der Waals surface area contributed by atoms with Crippen LogP contribution in [0.1, 0.15) is 36.8 Å². The molecule has 184 valence electrons. The quantitative estimate of drug-likeness (QED) is 0.239. The Morgan fingerprint density at radius 1 is 0.833 bits per heavy atom. The van der Waals surface area contributed by atoms with Gasteiger partial charge in [0.15, 0.2) is 0 Å². The predicted octanol–water partition coefficient (Wildman–Crippen LogP) is 5.52. The van der Waals surface area contributed by atoms with Crippen LogP contribution in [0.3, 0.4) is 0 Å². The minimum atomic E-state index is -0.419. The lowest BCUT2D eigenvalue weighted by atomic mass is 9.81. The van der Waals surface area contributed by atoms with Crippen LogP contribution in [0.15, 0.2) is 78.9 Å². The fourth-order valence-electron chi connectivity index (χ4n) is 5.48. The summed E-state index contributed by atoms with van der Waals surface area (Å²) in [4.78, 5) is 41.1. The van der Waals surface area contributed by atoms with Crippen molar-refractivity contribution in [2.45, 2.75) is 38.6 Å². The number of carbonyl (C=O) groups is 2. The summed E-state index contributed by atoms with van der Waals surface area (Å²) in [6.45, 7) is 1.07. The molecule has 3 aromatic carbocycles. The van der Waals surface area contributed by atoms with Gasteiger partial charge in [-0.15, -0.1) is 0 Å². The van der Waals surface area contributed by atoms with Gasteiger partial charge in [0.05, 0.1) is 22.4 Å². The molecule has 1 aliphatic heterocycles. The molecule has 1 aliphatic carbocycles. The fraction of sp³-hybridized carbons (Fsp3) is 0.310. The molecule has 1 saturated heterocycles. The Bertz CT molecular complexity index is 1240. The van der Waals surface area contributed by atoms with Gasteiger partial charge in [0, 0.05) is 19.2 Å². The highest BCUT2D eigenvalue weighted by atomic mass is 16.6. The third-order valence-corrected chi connectivity index (χ3v) is 7.33. The van der Waals surface area contributed by atoms with Crippen LogP contribution in [-0.2, 0) is 22.6 Å². The Morgan fingerprint density at radius 3 is 2.00 bits per heavy atom. The minimum absolute atomic E-state index is 0.105. The SMILES string of the molecule is O=C1[C@H]2CCCC[C@@H]2C(=O)N1c1ccc(N(CCc2ccccc2)Cc2ccccc2)c([N+](=O)[O-])c1. The molecular formula is C29H29N3O4. The van der Waals surface area contributed by atoms with E-state index in [1.807, 2.05) is 65.6 Å². The first-order chi connectivity index (χ1) is 17.5. The van der Waals surface area contributed by atoms with Gasteiger partial charge in [-0.2, -0.15) is 0 Å². The summed E-state index contributed by atoms with van der Waals surface area (Å²) < 4.78 is 0. The van der Waals surface area contributed by atoms with Crippen LogP contribution in [-0.4, -0.2) is 23.3 Å². The monoisotopic (exact) mass is 483 g/mol. The van der Waals surface area contributed by atoms with Crippen molar-refractivity contribution in [1.29, 1.82) is 0 Å². The first-order valence-electron chi connectivity index (χ1n) is 12.5. The van der Waals surface area contributed by atoms with E-state index in [0.29, 0.717) is 31.6 Å². The molecular weight excluding hydrogens is 454 g/mol. The van der Waals surface area contributed by atoms with E-state index in [4.69, 9.17) is 0 Å². The number of anilines is 2. The van der Waals surface area contributed by atoms with Crippen LogP contribution in [0.25, 0.3) is 0 Å². The second-order valence-corrected chi connectivity index (χ2v) is 9.58. The number of fused-ring (bicyclic) bond motifs is 1. The van der Waals surface area contributed by atoms with Crippen LogP contribution < -0.4 is 9.80 Å². The van der Waals surface area contributed by atoms with Crippen molar-refractivity contribution in [1.82, 2.24) is 0 Å². The van der Waals surface area contributed by atoms with Crippen molar-refractivity contribution < 1.29 is 14.5 Å². The summed E-state index contributed by atoms with van der Waals surface area (Å²) in [6.07, 6.45) is 4.00. The van der Waals surface area contributed by atoms with E-state index >= 15 is 0 Å². The highest BCUT2D eigenvalue weighted by Gasteiger charge is 2.49. The van der Waals surface area contributed by atoms with Crippen LogP contribution in [0.5, 0.6) is 0 Å². The third-order valence-electron chi connectivity index (χ3n) is 7.33. The van der Waals surface area contributed by atoms with Gasteiger partial charge in [-0.25, -0.2) is 4.90 Å². The number of amides is 2. The summed E-state index contributed by atoms with van der Waals surface area (Å²) in [5.74, 6) is -1.05. The third kappa shape index (κ3) is 4.73. The van der Waals surface area contributed by atoms with Gasteiger partial charge in [-0.05, 0) is 42.5 Å². The zero-order valence-corrected chi connectivity index (χ0v) is 20.1. The Morgan fingerprint density at radius 2 is 1.42 bits per heavy atom. The first kappa shape index (κ1) is 23.7. The van der Waals surface area contributed by atoms with Crippen LogP contribution >= 0.6 is 0 Å². The number of nitro benzene ring substituents is 1. The molecule has 3 aromatic rings. The second kappa shape index (κ2) is 10.3. The van der Waals surface area contributed by atoms with Gasteiger partial charge in [0.2, 0.25) is 11.8 Å². The molecule has 2 amide bonds. The van der Waals surface area contributed by atoms with Crippen molar-refractivity contribution in [2.24, 2.45) is 11.8 Å². The molecule has 0 aromatic heterocycles. The van der Waals surface area contributed by atoms with Gasteiger partial charge < -0.3 is 4.90 Å². The van der Waals surface area contributed by atoms with E-state index in [2.05, 4.69) is 0 Å². The van der Waals surface area contributed by atoms with Gasteiger partial charge >= 0.3 is 0 Å². The predicted molar refractivity (Wildman–Crippen MR) is 139 cm³/mol. The van der Waals surface area contributed by atoms with Crippen LogP contribution in [0.2, 0.25) is 0 Å². The molecule has 0 bridgehead atoms. The number of hydrogen-bond acceptors (Lipinski definition) is 5. The van der Waals surface area contributed by atoms with E-state index in [1.54, 1.807) is 12.1 Å². The van der Waals surface area contributed by atoms with Crippen molar-refractivity contribution >= 4 is 28.9 Å². The maximum absolute atomic E-state index is 13.1. The number of imide groups is 1. The lowest BCUT2D eigenvalue weighted by molar-refractivity contribution is -0.384. The number of carbonyl (C=O) groups excluding carboxylic acids is 2. The van der Waals surface area contributed by atoms with Crippen molar-refractivity contribution in [2.75, 3.05) is 16.3 Å². The lowest BCUT2D eigenvalue weighted by Gasteiger charge is -2.26. The van der Waals surface area contributed by atoms with E-state index in [1.165, 1.54) is 11.0 Å². The smallest absolute Gasteiger partial charge is 0.294 e. The Labute approximate surface area is 210 Å². The fourth-order valence-corrected chi connectivity index (χ4v) is 5.48. The van der Waals surface area contributed by atoms with Gasteiger partial charge in [-0.1, -0.05) is 73.5 Å². The van der Waals surface area contributed by atoms with E-state index in [-0.39, 0.29) is 35.0 Å². The van der Waals surface area contributed by atoms with Crippen LogP contribution in [0.4, 0.5) is 17.1 Å². The maximum atomic E-state index is 13.1. The average Bonchev–Trinajstić information content (AvgIpc) is 3.17. The van der Waals surface area contributed by atoms with Crippen molar-refractivity contribution in [3.05, 3.63) is 100 Å². The Kier molecular flexibility index (Phi) is 6.80. The number of rotatable bonds is 8. The Balaban J connectivity index is 1.48. The topological polar surface area (TPSA) is 83.8 Å². The molecule has 2 fully saturated rings. The standard InChI is InChI=1S/C29H29N3O4/c33-28-24-13-7-8-14-25(24)29(34)31(28)23-15-16-26(27(19-23)32(35)36)30(20-22-11-5-2-6-12-22)18-17-21-9-3-1-4-10-21/h1-6,9-12,15-16,19,24-25H,7-8,13-14,17-18,20H2/t24-,25-/m0/s1. The normalized spacial score (nSPS) is 19.3. The summed E-state index contributed by atoms with van der Waals surface area (Å²) in [5.41, 5.74) is 2.84. The van der Waals surface area contributed by atoms with E-state index in [9.17, 15) is 19.7 Å². The maximum Gasteiger partial charge on any atom is 0.294 e. The van der Waals surface area contributed by atoms with Crippen molar-refractivity contribution in [3.63, 3.8) is 0 Å². The number of nitrogens with zero attached hydrogens (tertiary/aromatic N) is 3. The molecule has 1 heterocycles. The number of nitro groups is 1. The molecule has 0 N–H and O–H groups in total. The molecule has 2 atom stereocenters. The molecule has 0 spiro atoms. The van der Waals surface area contributed by atoms with E-state index in [0.717, 1.165) is 30.4 Å². The zero-order valence-electron chi connectivity index (χ0n) is 20.1. The van der Waals surface area contributed by atoms with E-state index < -0.39 is 4.92 Å². The summed E-state index contributed by atoms with van der Waals surface area (Å²) >= 11 is 0. The summed E-state index contributed by atoms with van der Waals surface area (Å²) in [7, 11) is 0. The molecule has 0 unspecified atom stereocenters. The largest absolute Gasteiger partial charge is 0.361 e. The number of hydrogen-bond donors (Lipinski definition) is 0. The second-order valence-electron chi connectivity index (χ2n) is 9.58. The highest BCUT2D eigenvalue weighted by molar-refractivity contribution is 6.22. The van der Waals surface area contributed by atoms with Gasteiger partial charge in [-0.3, -0.25) is 19.7 Å². The van der Waals surface area contributed by atoms with Crippen LogP contribution in [0, 0.1) is 22.0 Å². The molecule has 36 heavy (non-hydrogen) atoms. The van der Waals surface area contributed by atoms with Crippen molar-refractivity contribution in [3.8, 4) is 0 Å². The molecule has 0 radical (unpaired) electrons. The molecule has 5 rings (SSSR count). The van der Waals surface area contributed by atoms with Gasteiger partial charge in [0.25, 0.3) is 5.69 Å². The first-order valence-corrected chi connectivity index (χ1v) is 12.5. The van der Waals surface area contributed by atoms with Gasteiger partial charge in [0.1, 0.15) is 5.69 Å². The summed E-state index contributed by atoms with van der Waals surface area (Å²) in [6, 6.07) is 24.6. The molecule has 7 nitrogen and oxygen atoms in total. The highest BCUT2D eigenvalue weighted by Crippen LogP contribution is 2.42. The zero-order chi connectivity index (χ0) is 25.1. The molecule has 7 heteroatoms. The summed E-state index contributed by atoms with van der Waals surface area (Å²) in [5, 5.41) is 12.2. The molecule has 2 aliphatic rings. The average molecular weight is 484 g/mol. The number of benzene rings is 3. The minimum Gasteiger partial charge on any atom is -0.361 e. The molecule has 1 saturated carbocycles. The lowest BCUT2D eigenvalue weighted by Crippen LogP contribution is -2.31. The Hall–Kier alpha value is -4.00.